The Morgan fingerprint density at radius 2 is 2.15 bits per heavy atom. The second kappa shape index (κ2) is 8.31. The molecule has 1 aromatic heterocycles. The van der Waals surface area contributed by atoms with Crippen LogP contribution in [0.25, 0.3) is 0 Å². The molecule has 2 aromatic rings. The summed E-state index contributed by atoms with van der Waals surface area (Å²) in [6.45, 7) is 5.54. The number of benzene rings is 1. The highest BCUT2D eigenvalue weighted by Crippen LogP contribution is 2.32. The Morgan fingerprint density at radius 1 is 1.38 bits per heavy atom. The highest BCUT2D eigenvalue weighted by atomic mass is 32.2. The Hall–Kier alpha value is -2.42. The van der Waals surface area contributed by atoms with Crippen LogP contribution in [0.15, 0.2) is 28.2 Å². The van der Waals surface area contributed by atoms with Crippen molar-refractivity contribution in [2.45, 2.75) is 38.0 Å². The average Bonchev–Trinajstić information content (AvgIpc) is 3.00. The number of amides is 1. The minimum Gasteiger partial charge on any atom is -0.486 e. The van der Waals surface area contributed by atoms with Gasteiger partial charge in [0.1, 0.15) is 13.2 Å². The Kier molecular flexibility index (Phi) is 5.87. The van der Waals surface area contributed by atoms with Gasteiger partial charge in [-0.05, 0) is 31.0 Å². The van der Waals surface area contributed by atoms with Crippen molar-refractivity contribution >= 4 is 17.7 Å². The van der Waals surface area contributed by atoms with Crippen molar-refractivity contribution in [1.82, 2.24) is 20.1 Å². The number of aromatic amines is 1. The zero-order valence-corrected chi connectivity index (χ0v) is 15.6. The van der Waals surface area contributed by atoms with Crippen LogP contribution in [0.3, 0.4) is 0 Å². The van der Waals surface area contributed by atoms with Crippen LogP contribution in [0.5, 0.6) is 11.5 Å². The number of thioether (sulfide) groups is 1. The van der Waals surface area contributed by atoms with Gasteiger partial charge in [-0.25, -0.2) is 9.89 Å². The monoisotopic (exact) mass is 378 g/mol. The number of hydrogen-bond donors (Lipinski definition) is 2. The molecule has 0 fully saturated rings. The molecule has 1 unspecified atom stereocenters. The predicted molar refractivity (Wildman–Crippen MR) is 97.9 cm³/mol. The van der Waals surface area contributed by atoms with E-state index in [9.17, 15) is 9.59 Å². The van der Waals surface area contributed by atoms with E-state index in [2.05, 4.69) is 15.5 Å². The third-order valence-electron chi connectivity index (χ3n) is 3.95. The highest BCUT2D eigenvalue weighted by molar-refractivity contribution is 7.99. The fourth-order valence-electron chi connectivity index (χ4n) is 2.66. The van der Waals surface area contributed by atoms with Crippen molar-refractivity contribution in [2.24, 2.45) is 0 Å². The zero-order chi connectivity index (χ0) is 18.5. The Balaban J connectivity index is 1.57. The van der Waals surface area contributed by atoms with Gasteiger partial charge in [0, 0.05) is 6.54 Å². The molecule has 0 aliphatic carbocycles. The van der Waals surface area contributed by atoms with Crippen molar-refractivity contribution < 1.29 is 14.3 Å². The first kappa shape index (κ1) is 18.4. The van der Waals surface area contributed by atoms with Crippen LogP contribution >= 0.6 is 11.8 Å². The number of H-pyrrole nitrogens is 1. The summed E-state index contributed by atoms with van der Waals surface area (Å²) < 4.78 is 12.6. The number of hydrogen-bond acceptors (Lipinski definition) is 6. The number of carbonyl (C=O) groups excluding carboxylic acids is 1. The summed E-state index contributed by atoms with van der Waals surface area (Å²) >= 11 is 1.24. The van der Waals surface area contributed by atoms with Crippen LogP contribution < -0.4 is 20.5 Å². The summed E-state index contributed by atoms with van der Waals surface area (Å²) in [5, 5.41) is 9.87. The van der Waals surface area contributed by atoms with E-state index in [1.807, 2.05) is 32.0 Å². The van der Waals surface area contributed by atoms with Crippen molar-refractivity contribution in [3.8, 4) is 11.5 Å². The van der Waals surface area contributed by atoms with Gasteiger partial charge in [0.2, 0.25) is 5.91 Å². The summed E-state index contributed by atoms with van der Waals surface area (Å²) in [7, 11) is 0. The molecule has 8 nitrogen and oxygen atoms in total. The largest absolute Gasteiger partial charge is 0.486 e. The molecule has 0 saturated carbocycles. The van der Waals surface area contributed by atoms with Crippen LogP contribution in [-0.2, 0) is 11.3 Å². The SMILES string of the molecule is CCCn1c(SCC(=O)NC(C)c2ccc3c(c2)OCCO3)n[nH]c1=O. The smallest absolute Gasteiger partial charge is 0.343 e. The number of nitrogens with one attached hydrogen (secondary N) is 2. The first-order chi connectivity index (χ1) is 12.6. The van der Waals surface area contributed by atoms with E-state index >= 15 is 0 Å². The Bertz CT molecular complexity index is 832. The molecular formula is C17H22N4O4S. The number of carbonyl (C=O) groups is 1. The number of fused-ring (bicyclic) bond motifs is 1. The topological polar surface area (TPSA) is 98.2 Å². The summed E-state index contributed by atoms with van der Waals surface area (Å²) in [6, 6.07) is 5.49. The maximum Gasteiger partial charge on any atom is 0.343 e. The van der Waals surface area contributed by atoms with Crippen LogP contribution in [0.1, 0.15) is 31.9 Å². The van der Waals surface area contributed by atoms with Gasteiger partial charge in [-0.15, -0.1) is 5.10 Å². The van der Waals surface area contributed by atoms with E-state index in [0.29, 0.717) is 30.7 Å². The van der Waals surface area contributed by atoms with Crippen LogP contribution in [-0.4, -0.2) is 39.6 Å². The summed E-state index contributed by atoms with van der Waals surface area (Å²) in [5.41, 5.74) is 0.690. The molecule has 2 heterocycles. The lowest BCUT2D eigenvalue weighted by molar-refractivity contribution is -0.119. The van der Waals surface area contributed by atoms with Gasteiger partial charge in [0.25, 0.3) is 0 Å². The molecule has 2 N–H and O–H groups in total. The molecule has 9 heteroatoms. The molecule has 0 spiro atoms. The second-order valence-electron chi connectivity index (χ2n) is 5.94. The summed E-state index contributed by atoms with van der Waals surface area (Å²) in [6.07, 6.45) is 0.820. The number of rotatable bonds is 7. The first-order valence-corrected chi connectivity index (χ1v) is 9.54. The normalized spacial score (nSPS) is 14.1. The number of ether oxygens (including phenoxy) is 2. The molecule has 26 heavy (non-hydrogen) atoms. The van der Waals surface area contributed by atoms with Gasteiger partial charge in [-0.1, -0.05) is 24.8 Å². The van der Waals surface area contributed by atoms with Crippen molar-refractivity contribution in [1.29, 1.82) is 0 Å². The second-order valence-corrected chi connectivity index (χ2v) is 6.89. The molecule has 0 saturated heterocycles. The highest BCUT2D eigenvalue weighted by Gasteiger charge is 2.17. The zero-order valence-electron chi connectivity index (χ0n) is 14.8. The molecule has 1 aliphatic rings. The minimum atomic E-state index is -0.251. The average molecular weight is 378 g/mol. The van der Waals surface area contributed by atoms with E-state index in [-0.39, 0.29) is 23.4 Å². The maximum absolute atomic E-state index is 12.3. The van der Waals surface area contributed by atoms with E-state index in [0.717, 1.165) is 17.7 Å². The van der Waals surface area contributed by atoms with Crippen LogP contribution in [0.4, 0.5) is 0 Å². The van der Waals surface area contributed by atoms with Gasteiger partial charge in [0.05, 0.1) is 11.8 Å². The molecule has 1 aliphatic heterocycles. The van der Waals surface area contributed by atoms with Gasteiger partial charge >= 0.3 is 5.69 Å². The predicted octanol–water partition coefficient (Wildman–Crippen LogP) is 1.72. The van der Waals surface area contributed by atoms with E-state index in [4.69, 9.17) is 9.47 Å². The molecule has 1 aromatic carbocycles. The number of nitrogens with zero attached hydrogens (tertiary/aromatic N) is 2. The lowest BCUT2D eigenvalue weighted by Gasteiger charge is -2.21. The fourth-order valence-corrected chi connectivity index (χ4v) is 3.44. The Labute approximate surface area is 155 Å². The van der Waals surface area contributed by atoms with E-state index in [1.165, 1.54) is 11.8 Å². The van der Waals surface area contributed by atoms with Crippen LogP contribution in [0, 0.1) is 0 Å². The maximum atomic E-state index is 12.3. The lowest BCUT2D eigenvalue weighted by Crippen LogP contribution is -2.28. The van der Waals surface area contributed by atoms with Gasteiger partial charge in [-0.3, -0.25) is 9.36 Å². The molecular weight excluding hydrogens is 356 g/mol. The quantitative estimate of drug-likeness (QED) is 0.712. The minimum absolute atomic E-state index is 0.129. The van der Waals surface area contributed by atoms with E-state index < -0.39 is 0 Å². The summed E-state index contributed by atoms with van der Waals surface area (Å²) in [4.78, 5) is 23.9. The van der Waals surface area contributed by atoms with Crippen LogP contribution in [0.2, 0.25) is 0 Å². The molecule has 1 amide bonds. The van der Waals surface area contributed by atoms with Gasteiger partial charge in [0.15, 0.2) is 16.7 Å². The van der Waals surface area contributed by atoms with Crippen molar-refractivity contribution in [2.75, 3.05) is 19.0 Å². The molecule has 0 radical (unpaired) electrons. The fraction of sp³-hybridized carbons (Fsp3) is 0.471. The van der Waals surface area contributed by atoms with Crippen molar-refractivity contribution in [3.05, 3.63) is 34.2 Å². The first-order valence-electron chi connectivity index (χ1n) is 8.55. The standard InChI is InChI=1S/C17H22N4O4S/c1-3-6-21-16(23)19-20-17(21)26-10-15(22)18-11(2)12-4-5-13-14(9-12)25-8-7-24-13/h4-5,9,11H,3,6-8,10H2,1-2H3,(H,18,22)(H,19,23). The third kappa shape index (κ3) is 4.21. The van der Waals surface area contributed by atoms with Gasteiger partial charge in [-0.2, -0.15) is 0 Å². The molecule has 1 atom stereocenters. The van der Waals surface area contributed by atoms with Crippen molar-refractivity contribution in [3.63, 3.8) is 0 Å². The summed E-state index contributed by atoms with van der Waals surface area (Å²) in [5.74, 6) is 1.48. The van der Waals surface area contributed by atoms with E-state index in [1.54, 1.807) is 4.57 Å². The number of aromatic nitrogens is 3. The van der Waals surface area contributed by atoms with Gasteiger partial charge < -0.3 is 14.8 Å². The lowest BCUT2D eigenvalue weighted by atomic mass is 10.1. The molecule has 0 bridgehead atoms. The third-order valence-corrected chi connectivity index (χ3v) is 4.92. The molecule has 140 valence electrons. The molecule has 3 rings (SSSR count). The Morgan fingerprint density at radius 3 is 2.92 bits per heavy atom.